The topological polar surface area (TPSA) is 26.8 Å². The Balaban J connectivity index is 1.46. The summed E-state index contributed by atoms with van der Waals surface area (Å²) in [6.07, 6.45) is 1.30. The predicted octanol–water partition coefficient (Wildman–Crippen LogP) is 4.25. The van der Waals surface area contributed by atoms with E-state index >= 15 is 0 Å². The van der Waals surface area contributed by atoms with Crippen molar-refractivity contribution in [1.82, 2.24) is 14.7 Å². The van der Waals surface area contributed by atoms with E-state index < -0.39 is 11.7 Å². The normalized spacial score (nSPS) is 22.2. The molecule has 168 valence electrons. The smallest absolute Gasteiger partial charge is 0.343 e. The van der Waals surface area contributed by atoms with Gasteiger partial charge in [0.15, 0.2) is 0 Å². The van der Waals surface area contributed by atoms with Crippen LogP contribution in [0.2, 0.25) is 0 Å². The Morgan fingerprint density at radius 3 is 2.60 bits per heavy atom. The van der Waals surface area contributed by atoms with Gasteiger partial charge >= 0.3 is 6.18 Å². The number of alkyl halides is 3. The van der Waals surface area contributed by atoms with Crippen LogP contribution >= 0.6 is 0 Å². The lowest BCUT2D eigenvalue weighted by Gasteiger charge is -2.36. The zero-order chi connectivity index (χ0) is 21.7. The van der Waals surface area contributed by atoms with Gasteiger partial charge in [-0.25, -0.2) is 0 Å². The van der Waals surface area contributed by atoms with Crippen LogP contribution in [0.1, 0.15) is 49.7 Å². The molecule has 2 saturated heterocycles. The molecule has 0 radical (unpaired) electrons. The van der Waals surface area contributed by atoms with Gasteiger partial charge in [0.25, 0.3) is 0 Å². The Morgan fingerprint density at radius 1 is 1.17 bits per heavy atom. The quantitative estimate of drug-likeness (QED) is 0.682. The van der Waals surface area contributed by atoms with Crippen LogP contribution in [0, 0.1) is 5.92 Å². The predicted molar refractivity (Wildman–Crippen MR) is 112 cm³/mol. The Kier molecular flexibility index (Phi) is 7.80. The minimum absolute atomic E-state index is 0.222. The number of nitrogens with zero attached hydrogens (tertiary/aromatic N) is 3. The summed E-state index contributed by atoms with van der Waals surface area (Å²) in [6.45, 7) is 4.35. The van der Waals surface area contributed by atoms with Crippen LogP contribution in [0.5, 0.6) is 0 Å². The first-order valence-electron chi connectivity index (χ1n) is 11.0. The second kappa shape index (κ2) is 10.1. The molecule has 0 bridgehead atoms. The third kappa shape index (κ3) is 6.45. The molecule has 0 N–H and O–H groups in total. The van der Waals surface area contributed by atoms with Gasteiger partial charge in [0.1, 0.15) is 0 Å². The van der Waals surface area contributed by atoms with E-state index in [2.05, 4.69) is 16.8 Å². The molecule has 2 aliphatic rings. The second-order valence-electron chi connectivity index (χ2n) is 9.02. The highest BCUT2D eigenvalue weighted by atomic mass is 19.4. The molecule has 0 spiro atoms. The summed E-state index contributed by atoms with van der Waals surface area (Å²) >= 11 is 0. The maximum absolute atomic E-state index is 13.0. The molecule has 0 aromatic heterocycles. The summed E-state index contributed by atoms with van der Waals surface area (Å²) in [4.78, 5) is 19.1. The number of halogens is 3. The van der Waals surface area contributed by atoms with Gasteiger partial charge in [-0.05, 0) is 76.3 Å². The number of piperidine rings is 2. The van der Waals surface area contributed by atoms with Crippen molar-refractivity contribution >= 4 is 5.91 Å². The zero-order valence-electron chi connectivity index (χ0n) is 18.1. The number of carbonyl (C=O) groups excluding carboxylic acids is 1. The van der Waals surface area contributed by atoms with Crippen LogP contribution in [-0.4, -0.2) is 66.9 Å². The molecule has 0 saturated carbocycles. The van der Waals surface area contributed by atoms with Crippen molar-refractivity contribution in [3.8, 4) is 0 Å². The van der Waals surface area contributed by atoms with Gasteiger partial charge in [0, 0.05) is 32.6 Å². The fourth-order valence-electron chi connectivity index (χ4n) is 4.72. The Labute approximate surface area is 178 Å². The van der Waals surface area contributed by atoms with Crippen molar-refractivity contribution in [3.63, 3.8) is 0 Å². The Hall–Kier alpha value is -1.60. The second-order valence-corrected chi connectivity index (χ2v) is 9.02. The first-order chi connectivity index (χ1) is 14.2. The third-order valence-electron chi connectivity index (χ3n) is 6.66. The molecule has 1 amide bonds. The summed E-state index contributed by atoms with van der Waals surface area (Å²) < 4.78 is 38.9. The molecule has 3 rings (SSSR count). The molecular formula is C23H34F3N3O. The van der Waals surface area contributed by atoms with Gasteiger partial charge in [0.05, 0.1) is 5.56 Å². The van der Waals surface area contributed by atoms with E-state index in [1.165, 1.54) is 12.1 Å². The summed E-state index contributed by atoms with van der Waals surface area (Å²) in [5.41, 5.74) is 0.111. The van der Waals surface area contributed by atoms with Crippen LogP contribution in [0.4, 0.5) is 13.2 Å². The molecular weight excluding hydrogens is 391 g/mol. The fourth-order valence-corrected chi connectivity index (χ4v) is 4.72. The van der Waals surface area contributed by atoms with Crippen molar-refractivity contribution in [2.45, 2.75) is 57.3 Å². The molecule has 30 heavy (non-hydrogen) atoms. The molecule has 2 aliphatic heterocycles. The Bertz CT molecular complexity index is 701. The highest BCUT2D eigenvalue weighted by molar-refractivity contribution is 5.76. The zero-order valence-corrected chi connectivity index (χ0v) is 18.1. The molecule has 1 aromatic carbocycles. The number of amides is 1. The van der Waals surface area contributed by atoms with Crippen LogP contribution in [0.3, 0.4) is 0 Å². The highest BCUT2D eigenvalue weighted by Gasteiger charge is 2.31. The minimum Gasteiger partial charge on any atom is -0.343 e. The van der Waals surface area contributed by atoms with E-state index in [-0.39, 0.29) is 5.91 Å². The van der Waals surface area contributed by atoms with Crippen LogP contribution in [0.15, 0.2) is 24.3 Å². The first kappa shape index (κ1) is 23.1. The van der Waals surface area contributed by atoms with Gasteiger partial charge < -0.3 is 9.80 Å². The fraction of sp³-hybridized carbons (Fsp3) is 0.696. The van der Waals surface area contributed by atoms with E-state index in [9.17, 15) is 18.0 Å². The molecule has 1 aromatic rings. The van der Waals surface area contributed by atoms with Crippen LogP contribution in [-0.2, 0) is 17.5 Å². The van der Waals surface area contributed by atoms with Crippen molar-refractivity contribution in [2.24, 2.45) is 5.92 Å². The molecule has 7 heteroatoms. The average molecular weight is 426 g/mol. The van der Waals surface area contributed by atoms with Crippen molar-refractivity contribution in [2.75, 3.05) is 40.3 Å². The first-order valence-corrected chi connectivity index (χ1v) is 11.0. The largest absolute Gasteiger partial charge is 0.416 e. The SMILES string of the molecule is CN1CCC(N(C)C(=O)CCC2CCCN(Cc3cccc(C(F)(F)F)c3)C2)CC1. The summed E-state index contributed by atoms with van der Waals surface area (Å²) in [7, 11) is 4.05. The van der Waals surface area contributed by atoms with Gasteiger partial charge in [0.2, 0.25) is 5.91 Å². The van der Waals surface area contributed by atoms with Gasteiger partial charge in [-0.15, -0.1) is 0 Å². The monoisotopic (exact) mass is 425 g/mol. The van der Waals surface area contributed by atoms with Crippen molar-refractivity contribution in [3.05, 3.63) is 35.4 Å². The number of likely N-dealkylation sites (tertiary alicyclic amines) is 2. The van der Waals surface area contributed by atoms with E-state index in [4.69, 9.17) is 0 Å². The average Bonchev–Trinajstić information content (AvgIpc) is 2.72. The lowest BCUT2D eigenvalue weighted by Crippen LogP contribution is -2.44. The maximum atomic E-state index is 13.0. The van der Waals surface area contributed by atoms with E-state index in [1.54, 1.807) is 6.07 Å². The molecule has 1 atom stereocenters. The lowest BCUT2D eigenvalue weighted by molar-refractivity contribution is -0.137. The molecule has 2 heterocycles. The van der Waals surface area contributed by atoms with Gasteiger partial charge in [-0.2, -0.15) is 13.2 Å². The molecule has 4 nitrogen and oxygen atoms in total. The van der Waals surface area contributed by atoms with Crippen LogP contribution < -0.4 is 0 Å². The lowest BCUT2D eigenvalue weighted by atomic mass is 9.92. The number of hydrogen-bond acceptors (Lipinski definition) is 3. The standard InChI is InChI=1S/C23H34F3N3O/c1-27-13-10-21(11-14-27)28(2)22(30)9-8-18-6-4-12-29(16-18)17-19-5-3-7-20(15-19)23(24,25)26/h3,5,7,15,18,21H,4,6,8-14,16-17H2,1-2H3. The number of hydrogen-bond donors (Lipinski definition) is 0. The summed E-state index contributed by atoms with van der Waals surface area (Å²) in [6, 6.07) is 5.96. The van der Waals surface area contributed by atoms with Gasteiger partial charge in [-0.3, -0.25) is 9.69 Å². The number of benzene rings is 1. The molecule has 2 fully saturated rings. The highest BCUT2D eigenvalue weighted by Crippen LogP contribution is 2.30. The summed E-state index contributed by atoms with van der Waals surface area (Å²) in [5.74, 6) is 0.652. The third-order valence-corrected chi connectivity index (χ3v) is 6.66. The molecule has 1 unspecified atom stereocenters. The van der Waals surface area contributed by atoms with E-state index in [0.29, 0.717) is 30.5 Å². The van der Waals surface area contributed by atoms with Crippen molar-refractivity contribution in [1.29, 1.82) is 0 Å². The van der Waals surface area contributed by atoms with Crippen molar-refractivity contribution < 1.29 is 18.0 Å². The number of rotatable bonds is 6. The maximum Gasteiger partial charge on any atom is 0.416 e. The Morgan fingerprint density at radius 2 is 1.90 bits per heavy atom. The molecule has 0 aliphatic carbocycles. The van der Waals surface area contributed by atoms with Gasteiger partial charge in [-0.1, -0.05) is 18.2 Å². The number of carbonyl (C=O) groups is 1. The minimum atomic E-state index is -4.30. The van der Waals surface area contributed by atoms with Crippen LogP contribution in [0.25, 0.3) is 0 Å². The van der Waals surface area contributed by atoms with E-state index in [0.717, 1.165) is 64.3 Å². The van der Waals surface area contributed by atoms with E-state index in [1.807, 2.05) is 11.9 Å². The summed E-state index contributed by atoms with van der Waals surface area (Å²) in [5, 5.41) is 0.